The highest BCUT2D eigenvalue weighted by Gasteiger charge is 2.26. The van der Waals surface area contributed by atoms with Gasteiger partial charge in [0.05, 0.1) is 6.54 Å². The van der Waals surface area contributed by atoms with Gasteiger partial charge in [-0.2, -0.15) is 0 Å². The van der Waals surface area contributed by atoms with E-state index in [4.69, 9.17) is 4.74 Å². The van der Waals surface area contributed by atoms with Gasteiger partial charge in [-0.1, -0.05) is 36.4 Å². The third-order valence-electron chi connectivity index (χ3n) is 4.77. The lowest BCUT2D eigenvalue weighted by Crippen LogP contribution is -2.41. The number of nitrogens with zero attached hydrogens (tertiary/aromatic N) is 2. The predicted octanol–water partition coefficient (Wildman–Crippen LogP) is 4.66. The summed E-state index contributed by atoms with van der Waals surface area (Å²) in [6.07, 6.45) is 1.76. The number of rotatable bonds is 2. The van der Waals surface area contributed by atoms with Crippen molar-refractivity contribution >= 4 is 28.4 Å². The van der Waals surface area contributed by atoms with E-state index in [1.807, 2.05) is 54.6 Å². The predicted molar refractivity (Wildman–Crippen MR) is 110 cm³/mol. The van der Waals surface area contributed by atoms with Gasteiger partial charge in [-0.05, 0) is 30.3 Å². The molecule has 6 heteroatoms. The summed E-state index contributed by atoms with van der Waals surface area (Å²) in [5.41, 5.74) is 3.70. The second-order valence-corrected chi connectivity index (χ2v) is 6.61. The Morgan fingerprint density at radius 3 is 2.75 bits per heavy atom. The average molecular weight is 370 g/mol. The number of pyridine rings is 1. The molecule has 0 aliphatic carbocycles. The summed E-state index contributed by atoms with van der Waals surface area (Å²) in [5, 5.41) is 4.04. The summed E-state index contributed by atoms with van der Waals surface area (Å²) in [5.74, 6) is 1.13. The van der Waals surface area contributed by atoms with Crippen LogP contribution in [0.4, 0.5) is 16.3 Å². The third kappa shape index (κ3) is 2.95. The van der Waals surface area contributed by atoms with Gasteiger partial charge in [0.25, 0.3) is 0 Å². The Morgan fingerprint density at radius 1 is 1.07 bits per heavy atom. The molecule has 0 fully saturated rings. The number of benzene rings is 2. The van der Waals surface area contributed by atoms with Crippen LogP contribution in [0, 0.1) is 0 Å². The summed E-state index contributed by atoms with van der Waals surface area (Å²) in [6.45, 7) is 0.872. The minimum Gasteiger partial charge on any atom is -0.488 e. The zero-order valence-corrected chi connectivity index (χ0v) is 15.1. The molecule has 6 nitrogen and oxygen atoms in total. The van der Waals surface area contributed by atoms with Crippen LogP contribution in [0.1, 0.15) is 0 Å². The molecule has 1 aliphatic rings. The number of fused-ring (bicyclic) bond motifs is 2. The SMILES string of the molecule is O=C(Nc1ccccc1)N1CCOc2cc(-c3cc4ccccc4[nH]3)cnc21. The molecular formula is C22H18N4O2. The summed E-state index contributed by atoms with van der Waals surface area (Å²) in [6, 6.07) is 21.3. The first-order chi connectivity index (χ1) is 13.8. The third-order valence-corrected chi connectivity index (χ3v) is 4.77. The monoisotopic (exact) mass is 370 g/mol. The molecule has 3 heterocycles. The van der Waals surface area contributed by atoms with Crippen LogP contribution in [0.5, 0.6) is 5.75 Å². The Balaban J connectivity index is 1.45. The van der Waals surface area contributed by atoms with E-state index in [-0.39, 0.29) is 6.03 Å². The minimum atomic E-state index is -0.221. The van der Waals surface area contributed by atoms with Crippen LogP contribution < -0.4 is 15.0 Å². The van der Waals surface area contributed by atoms with E-state index in [2.05, 4.69) is 27.4 Å². The highest BCUT2D eigenvalue weighted by atomic mass is 16.5. The zero-order valence-electron chi connectivity index (χ0n) is 15.1. The van der Waals surface area contributed by atoms with Gasteiger partial charge in [-0.15, -0.1) is 0 Å². The van der Waals surface area contributed by atoms with Gasteiger partial charge in [0.2, 0.25) is 0 Å². The first-order valence-electron chi connectivity index (χ1n) is 9.12. The summed E-state index contributed by atoms with van der Waals surface area (Å²) in [7, 11) is 0. The molecule has 2 amide bonds. The van der Waals surface area contributed by atoms with Crippen molar-refractivity contribution in [2.24, 2.45) is 0 Å². The Labute approximate surface area is 161 Å². The molecule has 0 saturated heterocycles. The molecule has 5 rings (SSSR count). The van der Waals surface area contributed by atoms with E-state index in [1.165, 1.54) is 0 Å². The molecule has 138 valence electrons. The normalized spacial score (nSPS) is 13.1. The zero-order chi connectivity index (χ0) is 18.9. The number of hydrogen-bond acceptors (Lipinski definition) is 3. The number of para-hydroxylation sites is 2. The van der Waals surface area contributed by atoms with Crippen LogP contribution in [-0.2, 0) is 0 Å². The van der Waals surface area contributed by atoms with Crippen LogP contribution in [0.3, 0.4) is 0 Å². The van der Waals surface area contributed by atoms with Crippen LogP contribution >= 0.6 is 0 Å². The lowest BCUT2D eigenvalue weighted by molar-refractivity contribution is 0.249. The van der Waals surface area contributed by atoms with E-state index in [0.717, 1.165) is 27.8 Å². The van der Waals surface area contributed by atoms with Crippen LogP contribution in [0.2, 0.25) is 0 Å². The van der Waals surface area contributed by atoms with Gasteiger partial charge < -0.3 is 15.0 Å². The molecule has 0 radical (unpaired) electrons. The van der Waals surface area contributed by atoms with Gasteiger partial charge in [0.1, 0.15) is 6.61 Å². The fourth-order valence-electron chi connectivity index (χ4n) is 3.39. The number of aromatic nitrogens is 2. The Kier molecular flexibility index (Phi) is 3.94. The largest absolute Gasteiger partial charge is 0.488 e. The molecule has 0 unspecified atom stereocenters. The fourth-order valence-corrected chi connectivity index (χ4v) is 3.39. The van der Waals surface area contributed by atoms with E-state index < -0.39 is 0 Å². The van der Waals surface area contributed by atoms with Gasteiger partial charge in [-0.25, -0.2) is 9.78 Å². The van der Waals surface area contributed by atoms with Crippen molar-refractivity contribution in [2.75, 3.05) is 23.4 Å². The Morgan fingerprint density at radius 2 is 1.89 bits per heavy atom. The number of aromatic amines is 1. The maximum atomic E-state index is 12.7. The van der Waals surface area contributed by atoms with Crippen molar-refractivity contribution in [3.05, 3.63) is 72.9 Å². The minimum absolute atomic E-state index is 0.221. The van der Waals surface area contributed by atoms with Crippen molar-refractivity contribution in [3.8, 4) is 17.0 Å². The lowest BCUT2D eigenvalue weighted by atomic mass is 10.2. The number of anilines is 2. The standard InChI is InChI=1S/C22H18N4O2/c27-22(24-17-7-2-1-3-8-17)26-10-11-28-20-13-16(14-23-21(20)26)19-12-15-6-4-5-9-18(15)25-19/h1-9,12-14,25H,10-11H2,(H,24,27). The van der Waals surface area contributed by atoms with E-state index in [0.29, 0.717) is 24.7 Å². The lowest BCUT2D eigenvalue weighted by Gasteiger charge is -2.28. The molecule has 2 N–H and O–H groups in total. The molecule has 4 aromatic rings. The molecule has 0 saturated carbocycles. The second-order valence-electron chi connectivity index (χ2n) is 6.61. The highest BCUT2D eigenvalue weighted by molar-refractivity contribution is 6.02. The number of urea groups is 1. The number of nitrogens with one attached hydrogen (secondary N) is 2. The first-order valence-corrected chi connectivity index (χ1v) is 9.12. The summed E-state index contributed by atoms with van der Waals surface area (Å²) < 4.78 is 5.79. The quantitative estimate of drug-likeness (QED) is 0.539. The molecule has 0 bridgehead atoms. The number of carbonyl (C=O) groups is 1. The van der Waals surface area contributed by atoms with E-state index >= 15 is 0 Å². The molecule has 2 aromatic heterocycles. The Bertz CT molecular complexity index is 1120. The van der Waals surface area contributed by atoms with Crippen LogP contribution in [-0.4, -0.2) is 29.2 Å². The Hall–Kier alpha value is -3.80. The van der Waals surface area contributed by atoms with Crippen molar-refractivity contribution in [3.63, 3.8) is 0 Å². The van der Waals surface area contributed by atoms with Gasteiger partial charge in [0.15, 0.2) is 11.6 Å². The second kappa shape index (κ2) is 6.74. The molecule has 2 aromatic carbocycles. The van der Waals surface area contributed by atoms with Crippen molar-refractivity contribution in [1.82, 2.24) is 9.97 Å². The average Bonchev–Trinajstić information content (AvgIpc) is 3.18. The molecule has 0 atom stereocenters. The maximum Gasteiger partial charge on any atom is 0.327 e. The van der Waals surface area contributed by atoms with Gasteiger partial charge in [0, 0.05) is 34.0 Å². The van der Waals surface area contributed by atoms with E-state index in [1.54, 1.807) is 11.1 Å². The van der Waals surface area contributed by atoms with Crippen LogP contribution in [0.25, 0.3) is 22.2 Å². The maximum absolute atomic E-state index is 12.7. The summed E-state index contributed by atoms with van der Waals surface area (Å²) >= 11 is 0. The number of hydrogen-bond donors (Lipinski definition) is 2. The molecule has 0 spiro atoms. The highest BCUT2D eigenvalue weighted by Crippen LogP contribution is 2.34. The fraction of sp³-hybridized carbons (Fsp3) is 0.0909. The molecule has 1 aliphatic heterocycles. The van der Waals surface area contributed by atoms with Crippen molar-refractivity contribution in [1.29, 1.82) is 0 Å². The molecule has 28 heavy (non-hydrogen) atoms. The first kappa shape index (κ1) is 16.4. The number of amides is 2. The van der Waals surface area contributed by atoms with E-state index in [9.17, 15) is 4.79 Å². The number of H-pyrrole nitrogens is 1. The number of ether oxygens (including phenoxy) is 1. The van der Waals surface area contributed by atoms with Crippen molar-refractivity contribution in [2.45, 2.75) is 0 Å². The smallest absolute Gasteiger partial charge is 0.327 e. The molecular weight excluding hydrogens is 352 g/mol. The van der Waals surface area contributed by atoms with Crippen LogP contribution in [0.15, 0.2) is 72.9 Å². The van der Waals surface area contributed by atoms with Gasteiger partial charge >= 0.3 is 6.03 Å². The van der Waals surface area contributed by atoms with Crippen molar-refractivity contribution < 1.29 is 9.53 Å². The summed E-state index contributed by atoms with van der Waals surface area (Å²) in [4.78, 5) is 22.3. The number of carbonyl (C=O) groups excluding carboxylic acids is 1. The topological polar surface area (TPSA) is 70.2 Å². The van der Waals surface area contributed by atoms with Gasteiger partial charge in [-0.3, -0.25) is 4.90 Å².